The fourth-order valence-corrected chi connectivity index (χ4v) is 1.42. The van der Waals surface area contributed by atoms with Gasteiger partial charge in [0.15, 0.2) is 0 Å². The van der Waals surface area contributed by atoms with E-state index >= 15 is 0 Å². The number of nitrogens with one attached hydrogen (secondary N) is 2. The number of carboxylic acids is 1. The molecule has 0 radical (unpaired) electrons. The minimum atomic E-state index is -1.47. The van der Waals surface area contributed by atoms with Crippen molar-refractivity contribution in [2.45, 2.75) is 58.1 Å². The lowest BCUT2D eigenvalue weighted by Crippen LogP contribution is -2.54. The Bertz CT molecular complexity index is 328. The summed E-state index contributed by atoms with van der Waals surface area (Å²) in [6.45, 7) is 6.31. The fourth-order valence-electron chi connectivity index (χ4n) is 1.42. The van der Waals surface area contributed by atoms with Crippen LogP contribution in [-0.2, 0) is 9.53 Å². The molecule has 0 saturated carbocycles. The summed E-state index contributed by atoms with van der Waals surface area (Å²) in [5.74, 6) is -1.16. The third kappa shape index (κ3) is 7.93. The highest BCUT2D eigenvalue weighted by molar-refractivity contribution is 5.69. The number of hydrogen-bond donors (Lipinski definition) is 5. The van der Waals surface area contributed by atoms with Crippen LogP contribution in [0.4, 0.5) is 4.79 Å². The predicted octanol–water partition coefficient (Wildman–Crippen LogP) is -0.357. The SMILES string of the molecule is CCC(NC(=O)OC(C)(C)C)C(O)C(O)NCC(=O)O. The van der Waals surface area contributed by atoms with E-state index in [1.54, 1.807) is 27.7 Å². The standard InChI is InChI=1S/C12H24N2O6/c1-5-7(14-11(19)20-12(2,3)4)9(17)10(18)13-6-8(15)16/h7,9-10,13,17-18H,5-6H2,1-4H3,(H,14,19)(H,15,16). The van der Waals surface area contributed by atoms with Crippen LogP contribution in [-0.4, -0.2) is 57.9 Å². The van der Waals surface area contributed by atoms with E-state index in [0.29, 0.717) is 6.42 Å². The second-order valence-corrected chi connectivity index (χ2v) is 5.37. The lowest BCUT2D eigenvalue weighted by Gasteiger charge is -2.28. The van der Waals surface area contributed by atoms with E-state index in [9.17, 15) is 19.8 Å². The third-order valence-electron chi connectivity index (χ3n) is 2.34. The van der Waals surface area contributed by atoms with Gasteiger partial charge in [0.1, 0.15) is 17.9 Å². The van der Waals surface area contributed by atoms with Gasteiger partial charge >= 0.3 is 12.1 Å². The Morgan fingerprint density at radius 2 is 1.80 bits per heavy atom. The lowest BCUT2D eigenvalue weighted by molar-refractivity contribution is -0.137. The summed E-state index contributed by atoms with van der Waals surface area (Å²) in [4.78, 5) is 21.9. The lowest BCUT2D eigenvalue weighted by atomic mass is 10.1. The molecular formula is C12H24N2O6. The summed E-state index contributed by atoms with van der Waals surface area (Å²) < 4.78 is 5.04. The second-order valence-electron chi connectivity index (χ2n) is 5.37. The molecule has 20 heavy (non-hydrogen) atoms. The predicted molar refractivity (Wildman–Crippen MR) is 71.1 cm³/mol. The van der Waals surface area contributed by atoms with Gasteiger partial charge in [-0.25, -0.2) is 4.79 Å². The number of aliphatic hydroxyl groups excluding tert-OH is 2. The smallest absolute Gasteiger partial charge is 0.407 e. The molecule has 0 rings (SSSR count). The molecule has 0 spiro atoms. The fraction of sp³-hybridized carbons (Fsp3) is 0.833. The minimum absolute atomic E-state index is 0.340. The first-order chi connectivity index (χ1) is 9.06. The maximum Gasteiger partial charge on any atom is 0.407 e. The molecule has 0 fully saturated rings. The number of aliphatic hydroxyl groups is 2. The Balaban J connectivity index is 4.43. The third-order valence-corrected chi connectivity index (χ3v) is 2.34. The van der Waals surface area contributed by atoms with Crippen LogP contribution < -0.4 is 10.6 Å². The Morgan fingerprint density at radius 3 is 2.20 bits per heavy atom. The summed E-state index contributed by atoms with van der Waals surface area (Å²) in [7, 11) is 0. The van der Waals surface area contributed by atoms with Crippen molar-refractivity contribution in [2.75, 3.05) is 6.54 Å². The van der Waals surface area contributed by atoms with E-state index in [-0.39, 0.29) is 0 Å². The summed E-state index contributed by atoms with van der Waals surface area (Å²) in [5.41, 5.74) is -0.673. The van der Waals surface area contributed by atoms with E-state index in [1.807, 2.05) is 0 Å². The molecule has 0 aromatic rings. The molecule has 1 amide bonds. The topological polar surface area (TPSA) is 128 Å². The van der Waals surface area contributed by atoms with Gasteiger partial charge in [-0.2, -0.15) is 0 Å². The maximum absolute atomic E-state index is 11.6. The van der Waals surface area contributed by atoms with Crippen molar-refractivity contribution in [1.29, 1.82) is 0 Å². The van der Waals surface area contributed by atoms with Crippen molar-refractivity contribution < 1.29 is 29.6 Å². The quantitative estimate of drug-likeness (QED) is 0.405. The molecule has 3 atom stereocenters. The first-order valence-corrected chi connectivity index (χ1v) is 6.37. The van der Waals surface area contributed by atoms with E-state index < -0.39 is 42.6 Å². The number of hydrogen-bond acceptors (Lipinski definition) is 6. The van der Waals surface area contributed by atoms with E-state index in [1.165, 1.54) is 0 Å². The number of amides is 1. The first-order valence-electron chi connectivity index (χ1n) is 6.37. The van der Waals surface area contributed by atoms with Crippen molar-refractivity contribution in [1.82, 2.24) is 10.6 Å². The largest absolute Gasteiger partial charge is 0.480 e. The van der Waals surface area contributed by atoms with Gasteiger partial charge in [0.25, 0.3) is 0 Å². The van der Waals surface area contributed by atoms with Crippen molar-refractivity contribution in [3.8, 4) is 0 Å². The highest BCUT2D eigenvalue weighted by Crippen LogP contribution is 2.09. The Hall–Kier alpha value is -1.38. The van der Waals surface area contributed by atoms with Gasteiger partial charge in [-0.15, -0.1) is 0 Å². The Kier molecular flexibility index (Phi) is 7.48. The van der Waals surface area contributed by atoms with Crippen LogP contribution in [0.3, 0.4) is 0 Å². The molecular weight excluding hydrogens is 268 g/mol. The zero-order valence-electron chi connectivity index (χ0n) is 12.2. The van der Waals surface area contributed by atoms with Crippen LogP contribution >= 0.6 is 0 Å². The van der Waals surface area contributed by atoms with Gasteiger partial charge in [-0.3, -0.25) is 10.1 Å². The Morgan fingerprint density at radius 1 is 1.25 bits per heavy atom. The van der Waals surface area contributed by atoms with Crippen molar-refractivity contribution >= 4 is 12.1 Å². The van der Waals surface area contributed by atoms with Crippen LogP contribution in [0.2, 0.25) is 0 Å². The normalized spacial score (nSPS) is 16.1. The van der Waals surface area contributed by atoms with Crippen LogP contribution in [0.1, 0.15) is 34.1 Å². The molecule has 0 aromatic heterocycles. The molecule has 8 heteroatoms. The zero-order valence-corrected chi connectivity index (χ0v) is 12.2. The van der Waals surface area contributed by atoms with Gasteiger partial charge in [0.2, 0.25) is 0 Å². The van der Waals surface area contributed by atoms with E-state index in [0.717, 1.165) is 0 Å². The monoisotopic (exact) mass is 292 g/mol. The average molecular weight is 292 g/mol. The van der Waals surface area contributed by atoms with Gasteiger partial charge in [0, 0.05) is 0 Å². The van der Waals surface area contributed by atoms with Gasteiger partial charge in [-0.1, -0.05) is 6.92 Å². The van der Waals surface area contributed by atoms with Crippen LogP contribution in [0, 0.1) is 0 Å². The average Bonchev–Trinajstić information content (AvgIpc) is 2.29. The summed E-state index contributed by atoms with van der Waals surface area (Å²) in [5, 5.41) is 32.6. The maximum atomic E-state index is 11.6. The summed E-state index contributed by atoms with van der Waals surface area (Å²) in [6.07, 6.45) is -3.20. The molecule has 0 aliphatic heterocycles. The molecule has 0 saturated heterocycles. The number of alkyl carbamates (subject to hydrolysis) is 1. The molecule has 0 bridgehead atoms. The summed E-state index contributed by atoms with van der Waals surface area (Å²) >= 11 is 0. The number of aliphatic carboxylic acids is 1. The highest BCUT2D eigenvalue weighted by atomic mass is 16.6. The van der Waals surface area contributed by atoms with Crippen LogP contribution in [0.15, 0.2) is 0 Å². The molecule has 118 valence electrons. The van der Waals surface area contributed by atoms with Crippen LogP contribution in [0.25, 0.3) is 0 Å². The van der Waals surface area contributed by atoms with Crippen molar-refractivity contribution in [3.05, 3.63) is 0 Å². The molecule has 0 aromatic carbocycles. The van der Waals surface area contributed by atoms with Gasteiger partial charge in [0.05, 0.1) is 12.6 Å². The van der Waals surface area contributed by atoms with E-state index in [2.05, 4.69) is 10.6 Å². The van der Waals surface area contributed by atoms with Gasteiger partial charge < -0.3 is 25.4 Å². The number of rotatable bonds is 7. The summed E-state index contributed by atoms with van der Waals surface area (Å²) in [6, 6.07) is -0.763. The number of carbonyl (C=O) groups excluding carboxylic acids is 1. The number of carboxylic acid groups (broad SMARTS) is 1. The molecule has 0 aliphatic rings. The molecule has 0 heterocycles. The number of ether oxygens (including phenoxy) is 1. The molecule has 3 unspecified atom stereocenters. The zero-order chi connectivity index (χ0) is 15.9. The second kappa shape index (κ2) is 8.03. The van der Waals surface area contributed by atoms with Crippen molar-refractivity contribution in [3.63, 3.8) is 0 Å². The Labute approximate surface area is 118 Å². The minimum Gasteiger partial charge on any atom is -0.480 e. The van der Waals surface area contributed by atoms with E-state index in [4.69, 9.17) is 9.84 Å². The number of carbonyl (C=O) groups is 2. The molecule has 0 aliphatic carbocycles. The highest BCUT2D eigenvalue weighted by Gasteiger charge is 2.28. The first kappa shape index (κ1) is 18.6. The molecule has 5 N–H and O–H groups in total. The van der Waals surface area contributed by atoms with Crippen molar-refractivity contribution in [2.24, 2.45) is 0 Å². The molecule has 8 nitrogen and oxygen atoms in total. The van der Waals surface area contributed by atoms with Crippen LogP contribution in [0.5, 0.6) is 0 Å². The van der Waals surface area contributed by atoms with Gasteiger partial charge in [-0.05, 0) is 27.2 Å².